The van der Waals surface area contributed by atoms with Crippen LogP contribution in [0.15, 0.2) is 34.6 Å². The van der Waals surface area contributed by atoms with E-state index in [-0.39, 0.29) is 24.0 Å². The molecule has 0 radical (unpaired) electrons. The molecular formula is C20H28IN3OS. The zero-order valence-corrected chi connectivity index (χ0v) is 18.6. The molecule has 1 unspecified atom stereocenters. The fourth-order valence-corrected chi connectivity index (χ4v) is 4.19. The summed E-state index contributed by atoms with van der Waals surface area (Å²) in [6.45, 7) is 3.65. The van der Waals surface area contributed by atoms with Crippen LogP contribution in [0.4, 0.5) is 0 Å². The van der Waals surface area contributed by atoms with E-state index >= 15 is 0 Å². The maximum Gasteiger partial charge on any atom is 0.191 e. The molecular weight excluding hydrogens is 457 g/mol. The van der Waals surface area contributed by atoms with Crippen molar-refractivity contribution in [2.45, 2.75) is 45.1 Å². The maximum atomic E-state index is 10.3. The van der Waals surface area contributed by atoms with Crippen molar-refractivity contribution in [3.63, 3.8) is 0 Å². The Hall–Kier alpha value is -1.28. The third-order valence-electron chi connectivity index (χ3n) is 4.89. The van der Waals surface area contributed by atoms with Gasteiger partial charge in [-0.25, -0.2) is 0 Å². The van der Waals surface area contributed by atoms with E-state index in [9.17, 15) is 5.11 Å². The number of hydrogen-bond donors (Lipinski definition) is 3. The molecule has 1 atom stereocenters. The molecule has 0 bridgehead atoms. The topological polar surface area (TPSA) is 56.7 Å². The quantitative estimate of drug-likeness (QED) is 0.334. The molecule has 142 valence electrons. The molecule has 0 fully saturated rings. The Bertz CT molecular complexity index is 731. The zero-order chi connectivity index (χ0) is 17.6. The van der Waals surface area contributed by atoms with E-state index in [0.717, 1.165) is 30.9 Å². The smallest absolute Gasteiger partial charge is 0.191 e. The molecule has 1 aromatic carbocycles. The molecule has 1 heterocycles. The average Bonchev–Trinajstić information content (AvgIpc) is 3.18. The zero-order valence-electron chi connectivity index (χ0n) is 15.4. The number of thiophene rings is 1. The highest BCUT2D eigenvalue weighted by Gasteiger charge is 2.16. The minimum Gasteiger partial charge on any atom is -0.508 e. The van der Waals surface area contributed by atoms with Crippen molar-refractivity contribution < 1.29 is 5.11 Å². The summed E-state index contributed by atoms with van der Waals surface area (Å²) < 4.78 is 0. The van der Waals surface area contributed by atoms with Gasteiger partial charge in [-0.3, -0.25) is 4.99 Å². The summed E-state index contributed by atoms with van der Waals surface area (Å²) >= 11 is 1.78. The number of guanidine groups is 1. The van der Waals surface area contributed by atoms with Crippen LogP contribution >= 0.6 is 35.3 Å². The number of nitrogens with zero attached hydrogens (tertiary/aromatic N) is 1. The predicted octanol–water partition coefficient (Wildman–Crippen LogP) is 4.42. The van der Waals surface area contributed by atoms with E-state index in [1.54, 1.807) is 18.4 Å². The second kappa shape index (κ2) is 10.2. The first kappa shape index (κ1) is 21.0. The number of benzene rings is 1. The van der Waals surface area contributed by atoms with Crippen molar-refractivity contribution in [2.75, 3.05) is 13.6 Å². The lowest BCUT2D eigenvalue weighted by Crippen LogP contribution is -2.38. The van der Waals surface area contributed by atoms with Crippen LogP contribution in [0.5, 0.6) is 5.75 Å². The number of halogens is 1. The number of aryl methyl sites for hydroxylation is 1. The van der Waals surface area contributed by atoms with Crippen LogP contribution in [0, 0.1) is 0 Å². The van der Waals surface area contributed by atoms with Gasteiger partial charge in [0.25, 0.3) is 0 Å². The first-order valence-electron chi connectivity index (χ1n) is 8.99. The van der Waals surface area contributed by atoms with E-state index in [1.807, 2.05) is 6.07 Å². The minimum absolute atomic E-state index is 0. The molecule has 6 heteroatoms. The lowest BCUT2D eigenvalue weighted by atomic mass is 9.88. The Kier molecular flexibility index (Phi) is 8.21. The highest BCUT2D eigenvalue weighted by molar-refractivity contribution is 14.0. The van der Waals surface area contributed by atoms with Gasteiger partial charge in [0.1, 0.15) is 5.75 Å². The SMILES string of the molecule is CN=C(NCc1c(O)ccc2c1CCCC2)NCC(C)c1cccs1.I. The molecule has 1 aliphatic carbocycles. The van der Waals surface area contributed by atoms with Crippen molar-refractivity contribution in [2.24, 2.45) is 4.99 Å². The number of nitrogens with one attached hydrogen (secondary N) is 2. The van der Waals surface area contributed by atoms with Gasteiger partial charge in [-0.15, -0.1) is 35.3 Å². The van der Waals surface area contributed by atoms with Gasteiger partial charge in [0, 0.05) is 36.5 Å². The summed E-state index contributed by atoms with van der Waals surface area (Å²) in [5.74, 6) is 1.60. The van der Waals surface area contributed by atoms with Gasteiger partial charge in [-0.05, 0) is 54.3 Å². The van der Waals surface area contributed by atoms with E-state index in [2.05, 4.69) is 46.1 Å². The van der Waals surface area contributed by atoms with Crippen molar-refractivity contribution in [3.8, 4) is 5.75 Å². The molecule has 0 saturated heterocycles. The molecule has 4 nitrogen and oxygen atoms in total. The van der Waals surface area contributed by atoms with Crippen LogP contribution in [-0.4, -0.2) is 24.7 Å². The Morgan fingerprint density at radius 1 is 1.23 bits per heavy atom. The third kappa shape index (κ3) is 5.13. The molecule has 0 spiro atoms. The number of aromatic hydroxyl groups is 1. The largest absolute Gasteiger partial charge is 0.508 e. The summed E-state index contributed by atoms with van der Waals surface area (Å²) in [7, 11) is 1.78. The second-order valence-corrected chi connectivity index (χ2v) is 7.61. The Morgan fingerprint density at radius 2 is 2.04 bits per heavy atom. The summed E-state index contributed by atoms with van der Waals surface area (Å²) in [5.41, 5.74) is 3.72. The van der Waals surface area contributed by atoms with Gasteiger partial charge < -0.3 is 15.7 Å². The van der Waals surface area contributed by atoms with Crippen LogP contribution in [0.1, 0.15) is 47.3 Å². The molecule has 3 rings (SSSR count). The van der Waals surface area contributed by atoms with Crippen molar-refractivity contribution >= 4 is 41.3 Å². The monoisotopic (exact) mass is 485 g/mol. The summed E-state index contributed by atoms with van der Waals surface area (Å²) in [6, 6.07) is 8.16. The van der Waals surface area contributed by atoms with E-state index < -0.39 is 0 Å². The summed E-state index contributed by atoms with van der Waals surface area (Å²) in [4.78, 5) is 5.69. The summed E-state index contributed by atoms with van der Waals surface area (Å²) in [6.07, 6.45) is 4.62. The molecule has 0 saturated carbocycles. The maximum absolute atomic E-state index is 10.3. The standard InChI is InChI=1S/C20H27N3OS.HI/c1-14(19-8-5-11-25-19)12-22-20(21-2)23-13-17-16-7-4-3-6-15(16)9-10-18(17)24;/h5,8-11,14,24H,3-4,6-7,12-13H2,1-2H3,(H2,21,22,23);1H. The van der Waals surface area contributed by atoms with Crippen molar-refractivity contribution in [3.05, 3.63) is 51.2 Å². The number of phenols is 1. The Morgan fingerprint density at radius 3 is 2.77 bits per heavy atom. The number of hydrogen-bond acceptors (Lipinski definition) is 3. The van der Waals surface area contributed by atoms with Crippen LogP contribution in [0.25, 0.3) is 0 Å². The van der Waals surface area contributed by atoms with Crippen LogP contribution in [0.2, 0.25) is 0 Å². The Labute approximate surface area is 177 Å². The first-order chi connectivity index (χ1) is 12.2. The molecule has 0 aliphatic heterocycles. The van der Waals surface area contributed by atoms with Gasteiger partial charge in [0.05, 0.1) is 0 Å². The van der Waals surface area contributed by atoms with Crippen molar-refractivity contribution in [1.82, 2.24) is 10.6 Å². The van der Waals surface area contributed by atoms with Crippen LogP contribution in [-0.2, 0) is 19.4 Å². The van der Waals surface area contributed by atoms with E-state index in [1.165, 1.54) is 28.8 Å². The van der Waals surface area contributed by atoms with Crippen LogP contribution in [0.3, 0.4) is 0 Å². The van der Waals surface area contributed by atoms with Crippen molar-refractivity contribution in [1.29, 1.82) is 0 Å². The second-order valence-electron chi connectivity index (χ2n) is 6.63. The molecule has 2 aromatic rings. The van der Waals surface area contributed by atoms with E-state index in [4.69, 9.17) is 0 Å². The van der Waals surface area contributed by atoms with Gasteiger partial charge in [-0.1, -0.05) is 19.1 Å². The van der Waals surface area contributed by atoms with Gasteiger partial charge >= 0.3 is 0 Å². The minimum atomic E-state index is 0. The van der Waals surface area contributed by atoms with E-state index in [0.29, 0.717) is 18.2 Å². The molecule has 1 aromatic heterocycles. The van der Waals surface area contributed by atoms with Crippen LogP contribution < -0.4 is 10.6 Å². The van der Waals surface area contributed by atoms with Gasteiger partial charge in [0.15, 0.2) is 5.96 Å². The van der Waals surface area contributed by atoms with Gasteiger partial charge in [0.2, 0.25) is 0 Å². The fourth-order valence-electron chi connectivity index (χ4n) is 3.40. The molecule has 0 amide bonds. The highest BCUT2D eigenvalue weighted by atomic mass is 127. The average molecular weight is 485 g/mol. The molecule has 1 aliphatic rings. The Balaban J connectivity index is 0.00000243. The highest BCUT2D eigenvalue weighted by Crippen LogP contribution is 2.30. The van der Waals surface area contributed by atoms with Gasteiger partial charge in [-0.2, -0.15) is 0 Å². The number of fused-ring (bicyclic) bond motifs is 1. The lowest BCUT2D eigenvalue weighted by molar-refractivity contribution is 0.464. The predicted molar refractivity (Wildman–Crippen MR) is 121 cm³/mol. The summed E-state index contributed by atoms with van der Waals surface area (Å²) in [5, 5.41) is 19.2. The number of aliphatic imine (C=N–C) groups is 1. The fraction of sp³-hybridized carbons (Fsp3) is 0.450. The molecule has 26 heavy (non-hydrogen) atoms. The first-order valence-corrected chi connectivity index (χ1v) is 9.87. The third-order valence-corrected chi connectivity index (χ3v) is 5.99. The number of rotatable bonds is 5. The number of phenolic OH excluding ortho intramolecular Hbond substituents is 1. The normalized spacial score (nSPS) is 14.9. The molecule has 3 N–H and O–H groups in total. The lowest BCUT2D eigenvalue weighted by Gasteiger charge is -2.21.